The van der Waals surface area contributed by atoms with E-state index in [1.54, 1.807) is 6.07 Å². The van der Waals surface area contributed by atoms with Crippen molar-refractivity contribution in [2.75, 3.05) is 18.0 Å². The third-order valence-electron chi connectivity index (χ3n) is 4.56. The zero-order valence-electron chi connectivity index (χ0n) is 14.1. The van der Waals surface area contributed by atoms with Crippen molar-refractivity contribution in [1.29, 1.82) is 0 Å². The third-order valence-corrected chi connectivity index (χ3v) is 4.56. The monoisotopic (exact) mass is 328 g/mol. The maximum Gasteiger partial charge on any atom is 0.146 e. The number of hydrogen-bond acceptors (Lipinski definition) is 3. The molecule has 2 aromatic carbocycles. The van der Waals surface area contributed by atoms with Crippen LogP contribution in [-0.4, -0.2) is 24.3 Å². The molecule has 2 N–H and O–H groups in total. The molecule has 3 nitrogen and oxygen atoms in total. The SMILES string of the molecule is Cc1cccc(CNCc2ccc(N3CCC(O)CC3)c(F)c2)c1. The van der Waals surface area contributed by atoms with Gasteiger partial charge in [0.15, 0.2) is 0 Å². The van der Waals surface area contributed by atoms with Gasteiger partial charge in [0.05, 0.1) is 11.8 Å². The largest absolute Gasteiger partial charge is 0.393 e. The average Bonchev–Trinajstić information content (AvgIpc) is 2.56. The Morgan fingerprint density at radius 3 is 2.46 bits per heavy atom. The van der Waals surface area contributed by atoms with Gasteiger partial charge < -0.3 is 15.3 Å². The summed E-state index contributed by atoms with van der Waals surface area (Å²) in [5, 5.41) is 12.9. The minimum Gasteiger partial charge on any atom is -0.393 e. The van der Waals surface area contributed by atoms with Gasteiger partial charge in [-0.15, -0.1) is 0 Å². The van der Waals surface area contributed by atoms with E-state index in [4.69, 9.17) is 0 Å². The molecule has 1 heterocycles. The van der Waals surface area contributed by atoms with Gasteiger partial charge in [0, 0.05) is 26.2 Å². The summed E-state index contributed by atoms with van der Waals surface area (Å²) < 4.78 is 14.4. The second-order valence-electron chi connectivity index (χ2n) is 6.60. The number of piperidine rings is 1. The van der Waals surface area contributed by atoms with Crippen LogP contribution in [0.5, 0.6) is 0 Å². The van der Waals surface area contributed by atoms with Gasteiger partial charge in [-0.3, -0.25) is 0 Å². The van der Waals surface area contributed by atoms with Gasteiger partial charge in [-0.2, -0.15) is 0 Å². The fourth-order valence-corrected chi connectivity index (χ4v) is 3.20. The third kappa shape index (κ3) is 4.34. The van der Waals surface area contributed by atoms with E-state index >= 15 is 0 Å². The first-order valence-corrected chi connectivity index (χ1v) is 8.59. The highest BCUT2D eigenvalue weighted by molar-refractivity contribution is 5.49. The highest BCUT2D eigenvalue weighted by atomic mass is 19.1. The second-order valence-corrected chi connectivity index (χ2v) is 6.60. The molecule has 4 heteroatoms. The molecular formula is C20H25FN2O. The Morgan fingerprint density at radius 1 is 1.08 bits per heavy atom. The van der Waals surface area contributed by atoms with Crippen molar-refractivity contribution in [3.63, 3.8) is 0 Å². The smallest absolute Gasteiger partial charge is 0.146 e. The maximum absolute atomic E-state index is 14.4. The number of halogens is 1. The summed E-state index contributed by atoms with van der Waals surface area (Å²) in [6.45, 7) is 4.92. The van der Waals surface area contributed by atoms with E-state index in [9.17, 15) is 9.50 Å². The number of aliphatic hydroxyl groups excluding tert-OH is 1. The fraction of sp³-hybridized carbons (Fsp3) is 0.400. The molecule has 0 atom stereocenters. The predicted molar refractivity (Wildman–Crippen MR) is 95.6 cm³/mol. The van der Waals surface area contributed by atoms with Crippen LogP contribution in [0.1, 0.15) is 29.5 Å². The fourth-order valence-electron chi connectivity index (χ4n) is 3.20. The summed E-state index contributed by atoms with van der Waals surface area (Å²) in [7, 11) is 0. The minimum atomic E-state index is -0.241. The molecule has 1 aliphatic rings. The molecule has 24 heavy (non-hydrogen) atoms. The molecule has 0 amide bonds. The van der Waals surface area contributed by atoms with Gasteiger partial charge in [0.1, 0.15) is 5.82 Å². The number of hydrogen-bond donors (Lipinski definition) is 2. The Morgan fingerprint density at radius 2 is 1.79 bits per heavy atom. The molecule has 0 radical (unpaired) electrons. The molecule has 0 saturated carbocycles. The van der Waals surface area contributed by atoms with Crippen LogP contribution >= 0.6 is 0 Å². The van der Waals surface area contributed by atoms with Crippen molar-refractivity contribution >= 4 is 5.69 Å². The molecule has 0 bridgehead atoms. The molecule has 2 aromatic rings. The number of aliphatic hydroxyl groups is 1. The first-order chi connectivity index (χ1) is 11.6. The molecule has 128 valence electrons. The quantitative estimate of drug-likeness (QED) is 0.883. The van der Waals surface area contributed by atoms with Crippen molar-refractivity contribution in [3.8, 4) is 0 Å². The molecule has 0 unspecified atom stereocenters. The molecule has 1 saturated heterocycles. The first-order valence-electron chi connectivity index (χ1n) is 8.59. The zero-order valence-corrected chi connectivity index (χ0v) is 14.1. The highest BCUT2D eigenvalue weighted by Crippen LogP contribution is 2.24. The number of aryl methyl sites for hydroxylation is 1. The van der Waals surface area contributed by atoms with Gasteiger partial charge in [-0.05, 0) is 43.0 Å². The van der Waals surface area contributed by atoms with E-state index in [1.165, 1.54) is 11.1 Å². The van der Waals surface area contributed by atoms with Crippen LogP contribution in [0.25, 0.3) is 0 Å². The summed E-state index contributed by atoms with van der Waals surface area (Å²) >= 11 is 0. The molecule has 0 aliphatic carbocycles. The predicted octanol–water partition coefficient (Wildman–Crippen LogP) is 3.39. The molecule has 0 spiro atoms. The summed E-state index contributed by atoms with van der Waals surface area (Å²) in [5.74, 6) is -0.179. The number of nitrogens with one attached hydrogen (secondary N) is 1. The van der Waals surface area contributed by atoms with E-state index in [2.05, 4.69) is 36.5 Å². The standard InChI is InChI=1S/C20H25FN2O/c1-15-3-2-4-16(11-15)13-22-14-17-5-6-20(19(21)12-17)23-9-7-18(24)8-10-23/h2-6,11-12,18,22,24H,7-10,13-14H2,1H3. The molecule has 1 fully saturated rings. The van der Waals surface area contributed by atoms with E-state index < -0.39 is 0 Å². The lowest BCUT2D eigenvalue weighted by Gasteiger charge is -2.31. The average molecular weight is 328 g/mol. The van der Waals surface area contributed by atoms with E-state index in [-0.39, 0.29) is 11.9 Å². The van der Waals surface area contributed by atoms with Crippen molar-refractivity contribution in [1.82, 2.24) is 5.32 Å². The zero-order chi connectivity index (χ0) is 16.9. The molecule has 0 aromatic heterocycles. The van der Waals surface area contributed by atoms with Crippen molar-refractivity contribution < 1.29 is 9.50 Å². The summed E-state index contributed by atoms with van der Waals surface area (Å²) in [6, 6.07) is 13.8. The number of nitrogens with zero attached hydrogens (tertiary/aromatic N) is 1. The second kappa shape index (κ2) is 7.77. The molecular weight excluding hydrogens is 303 g/mol. The number of benzene rings is 2. The van der Waals surface area contributed by atoms with Crippen molar-refractivity contribution in [2.24, 2.45) is 0 Å². The van der Waals surface area contributed by atoms with Gasteiger partial charge in [0.2, 0.25) is 0 Å². The van der Waals surface area contributed by atoms with E-state index in [1.807, 2.05) is 17.0 Å². The van der Waals surface area contributed by atoms with Gasteiger partial charge >= 0.3 is 0 Å². The summed E-state index contributed by atoms with van der Waals surface area (Å²) in [5.41, 5.74) is 4.07. The Hall–Kier alpha value is -1.91. The van der Waals surface area contributed by atoms with Gasteiger partial charge in [-0.1, -0.05) is 35.9 Å². The van der Waals surface area contributed by atoms with Crippen LogP contribution in [0.2, 0.25) is 0 Å². The summed E-state index contributed by atoms with van der Waals surface area (Å²) in [4.78, 5) is 2.02. The Labute approximate surface area is 143 Å². The number of anilines is 1. The topological polar surface area (TPSA) is 35.5 Å². The number of rotatable bonds is 5. The molecule has 3 rings (SSSR count). The van der Waals surface area contributed by atoms with Crippen LogP contribution in [0.4, 0.5) is 10.1 Å². The Balaban J connectivity index is 1.56. The van der Waals surface area contributed by atoms with Gasteiger partial charge in [0.25, 0.3) is 0 Å². The lowest BCUT2D eigenvalue weighted by atomic mass is 10.1. The minimum absolute atomic E-state index is 0.179. The van der Waals surface area contributed by atoms with Crippen LogP contribution < -0.4 is 10.2 Å². The lowest BCUT2D eigenvalue weighted by Crippen LogP contribution is -2.36. The van der Waals surface area contributed by atoms with E-state index in [0.29, 0.717) is 38.2 Å². The van der Waals surface area contributed by atoms with Crippen LogP contribution in [0.3, 0.4) is 0 Å². The van der Waals surface area contributed by atoms with Crippen molar-refractivity contribution in [3.05, 3.63) is 65.0 Å². The van der Waals surface area contributed by atoms with Crippen LogP contribution in [0.15, 0.2) is 42.5 Å². The first kappa shape index (κ1) is 16.9. The summed E-state index contributed by atoms with van der Waals surface area (Å²) in [6.07, 6.45) is 1.17. The van der Waals surface area contributed by atoms with Crippen LogP contribution in [-0.2, 0) is 13.1 Å². The van der Waals surface area contributed by atoms with Gasteiger partial charge in [-0.25, -0.2) is 4.39 Å². The molecule has 1 aliphatic heterocycles. The normalized spacial score (nSPS) is 15.7. The highest BCUT2D eigenvalue weighted by Gasteiger charge is 2.19. The van der Waals surface area contributed by atoms with Crippen molar-refractivity contribution in [2.45, 2.75) is 39.0 Å². The maximum atomic E-state index is 14.4. The van der Waals surface area contributed by atoms with E-state index in [0.717, 1.165) is 12.1 Å². The lowest BCUT2D eigenvalue weighted by molar-refractivity contribution is 0.145. The Kier molecular flexibility index (Phi) is 5.48. The Bertz CT molecular complexity index is 681. The van der Waals surface area contributed by atoms with Crippen LogP contribution in [0, 0.1) is 12.7 Å².